The topological polar surface area (TPSA) is 80.5 Å². The van der Waals surface area contributed by atoms with Crippen LogP contribution in [-0.2, 0) is 7.05 Å². The van der Waals surface area contributed by atoms with E-state index in [2.05, 4.69) is 9.97 Å². The molecule has 1 N–H and O–H groups in total. The number of amides is 1. The Morgan fingerprint density at radius 2 is 1.70 bits per heavy atom. The first-order chi connectivity index (χ1) is 15.9. The van der Waals surface area contributed by atoms with E-state index in [-0.39, 0.29) is 11.8 Å². The number of hydrogen-bond acceptors (Lipinski definition) is 4. The number of ether oxygens (including phenoxy) is 1. The van der Waals surface area contributed by atoms with E-state index in [4.69, 9.17) is 4.74 Å². The van der Waals surface area contributed by atoms with E-state index >= 15 is 0 Å². The zero-order valence-electron chi connectivity index (χ0n) is 17.9. The van der Waals surface area contributed by atoms with Crippen LogP contribution in [0.4, 0.5) is 20.8 Å². The molecule has 164 valence electrons. The van der Waals surface area contributed by atoms with E-state index < -0.39 is 6.09 Å². The normalized spacial score (nSPS) is 11.1. The molecule has 0 radical (unpaired) electrons. The molecule has 0 saturated carbocycles. The Balaban J connectivity index is 1.67. The first-order valence-electron chi connectivity index (χ1n) is 10.2. The van der Waals surface area contributed by atoms with Crippen molar-refractivity contribution in [2.24, 2.45) is 7.05 Å². The number of imidazole rings is 1. The Morgan fingerprint density at radius 3 is 2.42 bits per heavy atom. The molecule has 5 rings (SSSR count). The number of benzene rings is 3. The van der Waals surface area contributed by atoms with Crippen molar-refractivity contribution in [2.45, 2.75) is 6.92 Å². The van der Waals surface area contributed by atoms with Crippen LogP contribution < -0.4 is 9.64 Å². The van der Waals surface area contributed by atoms with Gasteiger partial charge in [-0.3, -0.25) is 4.98 Å². The van der Waals surface area contributed by atoms with Gasteiger partial charge >= 0.3 is 6.09 Å². The third-order valence-corrected chi connectivity index (χ3v) is 5.33. The smallest absolute Gasteiger partial charge is 0.418 e. The van der Waals surface area contributed by atoms with Crippen molar-refractivity contribution in [3.8, 4) is 11.5 Å². The predicted molar refractivity (Wildman–Crippen MR) is 124 cm³/mol. The average molecular weight is 442 g/mol. The molecular weight excluding hydrogens is 423 g/mol. The first kappa shape index (κ1) is 20.4. The molecule has 8 heteroatoms. The zero-order valence-corrected chi connectivity index (χ0v) is 17.9. The fourth-order valence-electron chi connectivity index (χ4n) is 3.83. The molecule has 33 heavy (non-hydrogen) atoms. The molecule has 0 fully saturated rings. The minimum absolute atomic E-state index is 0.264. The van der Waals surface area contributed by atoms with Gasteiger partial charge in [-0.05, 0) is 67.6 Å². The molecule has 5 aromatic rings. The molecular formula is C25H19FN4O3. The number of anilines is 2. The van der Waals surface area contributed by atoms with Crippen LogP contribution in [0.3, 0.4) is 0 Å². The van der Waals surface area contributed by atoms with Gasteiger partial charge in [-0.25, -0.2) is 19.1 Å². The summed E-state index contributed by atoms with van der Waals surface area (Å²) in [5, 5.41) is 10.8. The number of aryl methyl sites for hydroxylation is 2. The van der Waals surface area contributed by atoms with Crippen LogP contribution in [0.1, 0.15) is 5.69 Å². The number of fused-ring (bicyclic) bond motifs is 2. The van der Waals surface area contributed by atoms with Crippen LogP contribution in [0.2, 0.25) is 0 Å². The van der Waals surface area contributed by atoms with Crippen LogP contribution in [0.5, 0.6) is 11.5 Å². The highest BCUT2D eigenvalue weighted by Gasteiger charge is 2.25. The second-order valence-electron chi connectivity index (χ2n) is 7.60. The fraction of sp³-hybridized carbons (Fsp3) is 0.0800. The van der Waals surface area contributed by atoms with Crippen molar-refractivity contribution in [1.29, 1.82) is 0 Å². The van der Waals surface area contributed by atoms with Crippen molar-refractivity contribution in [3.05, 3.63) is 84.3 Å². The Labute approximate surface area is 188 Å². The number of para-hydroxylation sites is 2. The number of hydrogen-bond donors (Lipinski definition) is 1. The lowest BCUT2D eigenvalue weighted by atomic mass is 10.1. The Kier molecular flexibility index (Phi) is 4.90. The van der Waals surface area contributed by atoms with Crippen LogP contribution in [0.25, 0.3) is 21.9 Å². The summed E-state index contributed by atoms with van der Waals surface area (Å²) in [6.45, 7) is 1.81. The summed E-state index contributed by atoms with van der Waals surface area (Å²) in [7, 11) is 1.78. The van der Waals surface area contributed by atoms with Crippen molar-refractivity contribution in [3.63, 3.8) is 0 Å². The summed E-state index contributed by atoms with van der Waals surface area (Å²) in [5.41, 5.74) is 3.19. The molecule has 0 aliphatic heterocycles. The second-order valence-corrected chi connectivity index (χ2v) is 7.60. The Hall–Kier alpha value is -4.46. The number of carbonyl (C=O) groups is 1. The molecule has 2 aromatic heterocycles. The van der Waals surface area contributed by atoms with Crippen LogP contribution in [-0.4, -0.2) is 25.7 Å². The van der Waals surface area contributed by atoms with Gasteiger partial charge in [0.1, 0.15) is 17.3 Å². The van der Waals surface area contributed by atoms with E-state index in [0.717, 1.165) is 10.4 Å². The van der Waals surface area contributed by atoms with E-state index in [1.165, 1.54) is 24.3 Å². The molecule has 0 atom stereocenters. The summed E-state index contributed by atoms with van der Waals surface area (Å²) in [6, 6.07) is 20.1. The SMILES string of the molecule is Cc1cc(N(C(=O)O)c2nc3ccccc3n2C)c2cc(Oc3ccc(F)cc3)ccc2n1. The first-order valence-corrected chi connectivity index (χ1v) is 10.2. The molecule has 0 spiro atoms. The van der Waals surface area contributed by atoms with Crippen LogP contribution in [0, 0.1) is 12.7 Å². The molecule has 0 aliphatic carbocycles. The summed E-state index contributed by atoms with van der Waals surface area (Å²) in [5.74, 6) is 0.835. The predicted octanol–water partition coefficient (Wildman–Crippen LogP) is 6.18. The van der Waals surface area contributed by atoms with Gasteiger partial charge in [0.25, 0.3) is 0 Å². The molecule has 0 saturated heterocycles. The molecule has 0 bridgehead atoms. The van der Waals surface area contributed by atoms with Gasteiger partial charge in [-0.1, -0.05) is 12.1 Å². The van der Waals surface area contributed by atoms with Gasteiger partial charge in [-0.2, -0.15) is 0 Å². The molecule has 0 aliphatic rings. The van der Waals surface area contributed by atoms with Gasteiger partial charge in [0.15, 0.2) is 0 Å². The van der Waals surface area contributed by atoms with E-state index in [1.54, 1.807) is 42.8 Å². The lowest BCUT2D eigenvalue weighted by molar-refractivity contribution is 0.204. The zero-order chi connectivity index (χ0) is 23.1. The van der Waals surface area contributed by atoms with Crippen molar-refractivity contribution in [2.75, 3.05) is 4.90 Å². The molecule has 2 heterocycles. The number of aromatic nitrogens is 3. The van der Waals surface area contributed by atoms with Gasteiger partial charge in [-0.15, -0.1) is 0 Å². The lowest BCUT2D eigenvalue weighted by Crippen LogP contribution is -2.27. The van der Waals surface area contributed by atoms with Gasteiger partial charge < -0.3 is 14.4 Å². The van der Waals surface area contributed by atoms with E-state index in [0.29, 0.717) is 39.3 Å². The number of pyridine rings is 1. The summed E-state index contributed by atoms with van der Waals surface area (Å²) in [4.78, 5) is 22.7. The van der Waals surface area contributed by atoms with Crippen LogP contribution in [0.15, 0.2) is 72.8 Å². The fourth-order valence-corrected chi connectivity index (χ4v) is 3.83. The number of carboxylic acid groups (broad SMARTS) is 1. The maximum absolute atomic E-state index is 13.2. The quantitative estimate of drug-likeness (QED) is 0.360. The summed E-state index contributed by atoms with van der Waals surface area (Å²) < 4.78 is 20.8. The minimum Gasteiger partial charge on any atom is -0.464 e. The van der Waals surface area contributed by atoms with Crippen molar-refractivity contribution in [1.82, 2.24) is 14.5 Å². The van der Waals surface area contributed by atoms with Gasteiger partial charge in [0.05, 0.1) is 22.2 Å². The maximum atomic E-state index is 13.2. The third-order valence-electron chi connectivity index (χ3n) is 5.33. The largest absolute Gasteiger partial charge is 0.464 e. The third kappa shape index (κ3) is 3.71. The lowest BCUT2D eigenvalue weighted by Gasteiger charge is -2.21. The number of halogens is 1. The summed E-state index contributed by atoms with van der Waals surface area (Å²) in [6.07, 6.45) is -1.18. The highest BCUT2D eigenvalue weighted by atomic mass is 19.1. The summed E-state index contributed by atoms with van der Waals surface area (Å²) >= 11 is 0. The van der Waals surface area contributed by atoms with Gasteiger partial charge in [0.2, 0.25) is 5.95 Å². The monoisotopic (exact) mass is 442 g/mol. The van der Waals surface area contributed by atoms with Crippen LogP contribution >= 0.6 is 0 Å². The Bertz CT molecular complexity index is 1510. The number of nitrogens with zero attached hydrogens (tertiary/aromatic N) is 4. The molecule has 1 amide bonds. The van der Waals surface area contributed by atoms with Crippen molar-refractivity contribution >= 4 is 39.7 Å². The van der Waals surface area contributed by atoms with Gasteiger partial charge in [0, 0.05) is 18.1 Å². The van der Waals surface area contributed by atoms with Crippen molar-refractivity contribution < 1.29 is 19.0 Å². The highest BCUT2D eigenvalue weighted by Crippen LogP contribution is 2.36. The highest BCUT2D eigenvalue weighted by molar-refractivity contribution is 6.04. The average Bonchev–Trinajstić information content (AvgIpc) is 3.12. The molecule has 0 unspecified atom stereocenters. The Morgan fingerprint density at radius 1 is 0.970 bits per heavy atom. The molecule has 7 nitrogen and oxygen atoms in total. The second kappa shape index (κ2) is 7.90. The number of rotatable bonds is 4. The maximum Gasteiger partial charge on any atom is 0.418 e. The standard InChI is InChI=1S/C25H19FN4O3/c1-15-13-23(30(25(31)32)24-28-21-5-3-4-6-22(21)29(24)2)19-14-18(11-12-20(19)27-15)33-17-9-7-16(26)8-10-17/h3-14H,1-2H3,(H,31,32). The minimum atomic E-state index is -1.18. The molecule has 3 aromatic carbocycles. The van der Waals surface area contributed by atoms with E-state index in [9.17, 15) is 14.3 Å². The van der Waals surface area contributed by atoms with E-state index in [1.807, 2.05) is 24.3 Å².